The maximum Gasteiger partial charge on any atom is 0.255 e. The molecular weight excluding hydrogens is 469 g/mol. The monoisotopic (exact) mass is 499 g/mol. The van der Waals surface area contributed by atoms with Crippen molar-refractivity contribution in [2.24, 2.45) is 0 Å². The summed E-state index contributed by atoms with van der Waals surface area (Å²) in [7, 11) is 0. The smallest absolute Gasteiger partial charge is 0.255 e. The van der Waals surface area contributed by atoms with E-state index in [1.165, 1.54) is 37.6 Å². The molecule has 11 heteroatoms. The first-order valence-corrected chi connectivity index (χ1v) is 11.9. The minimum atomic E-state index is -1.62. The number of hydrogen-bond acceptors (Lipinski definition) is 9. The molecule has 1 amide bonds. The number of allylic oxidation sites excluding steroid dienone is 1. The van der Waals surface area contributed by atoms with E-state index in [1.807, 2.05) is 38.1 Å². The Morgan fingerprint density at radius 3 is 2.57 bits per heavy atom. The molecular formula is C24H30FN7O2S. The van der Waals surface area contributed by atoms with Gasteiger partial charge in [-0.15, -0.1) is 0 Å². The van der Waals surface area contributed by atoms with Crippen molar-refractivity contribution in [1.29, 1.82) is 5.41 Å². The van der Waals surface area contributed by atoms with Crippen LogP contribution in [-0.4, -0.2) is 51.6 Å². The lowest BCUT2D eigenvalue weighted by molar-refractivity contribution is -0.00177. The molecule has 0 aliphatic rings. The van der Waals surface area contributed by atoms with Crippen LogP contribution in [0.25, 0.3) is 10.3 Å². The minimum absolute atomic E-state index is 0.0114. The average molecular weight is 500 g/mol. The molecule has 2 heterocycles. The fourth-order valence-electron chi connectivity index (χ4n) is 3.03. The molecule has 2 aromatic heterocycles. The zero-order valence-corrected chi connectivity index (χ0v) is 20.8. The number of carbonyl (C=O) groups excluding carboxylic acids is 1. The van der Waals surface area contributed by atoms with Gasteiger partial charge in [-0.05, 0) is 58.0 Å². The molecule has 3 rings (SSSR count). The van der Waals surface area contributed by atoms with Crippen molar-refractivity contribution in [2.45, 2.75) is 45.5 Å². The first-order chi connectivity index (χ1) is 16.6. The van der Waals surface area contributed by atoms with Gasteiger partial charge in [-0.3, -0.25) is 4.79 Å². The van der Waals surface area contributed by atoms with E-state index in [0.717, 1.165) is 11.4 Å². The predicted molar refractivity (Wildman–Crippen MR) is 141 cm³/mol. The Hall–Kier alpha value is -3.57. The summed E-state index contributed by atoms with van der Waals surface area (Å²) in [5, 5.41) is 29.5. The van der Waals surface area contributed by atoms with Gasteiger partial charge in [-0.2, -0.15) is 0 Å². The third kappa shape index (κ3) is 6.96. The van der Waals surface area contributed by atoms with Gasteiger partial charge in [0.1, 0.15) is 16.5 Å². The first kappa shape index (κ1) is 26.0. The summed E-state index contributed by atoms with van der Waals surface area (Å²) in [6, 6.07) is 7.58. The van der Waals surface area contributed by atoms with Crippen LogP contribution in [0.1, 0.15) is 38.1 Å². The van der Waals surface area contributed by atoms with Crippen LogP contribution < -0.4 is 21.3 Å². The number of alkyl halides is 1. The van der Waals surface area contributed by atoms with Crippen LogP contribution in [0.2, 0.25) is 0 Å². The predicted octanol–water partition coefficient (Wildman–Crippen LogP) is 4.67. The third-order valence-electron chi connectivity index (χ3n) is 4.89. The lowest BCUT2D eigenvalue weighted by atomic mass is 10.0. The van der Waals surface area contributed by atoms with Crippen LogP contribution >= 0.6 is 11.3 Å². The van der Waals surface area contributed by atoms with E-state index in [-0.39, 0.29) is 18.2 Å². The van der Waals surface area contributed by atoms with Gasteiger partial charge < -0.3 is 31.8 Å². The zero-order valence-electron chi connectivity index (χ0n) is 20.0. The van der Waals surface area contributed by atoms with Crippen LogP contribution in [0.5, 0.6) is 0 Å². The maximum atomic E-state index is 14.1. The molecule has 0 bridgehead atoms. The molecule has 0 spiro atoms. The number of fused-ring (bicyclic) bond motifs is 1. The number of pyridine rings is 1. The van der Waals surface area contributed by atoms with Crippen molar-refractivity contribution < 1.29 is 14.3 Å². The highest BCUT2D eigenvalue weighted by atomic mass is 32.1. The number of carbonyl (C=O) groups is 1. The average Bonchev–Trinajstić information content (AvgIpc) is 3.21. The van der Waals surface area contributed by atoms with Crippen LogP contribution in [0, 0.1) is 5.41 Å². The van der Waals surface area contributed by atoms with E-state index in [2.05, 4.69) is 31.2 Å². The summed E-state index contributed by atoms with van der Waals surface area (Å²) in [6.07, 6.45) is 4.28. The van der Waals surface area contributed by atoms with Gasteiger partial charge in [0.25, 0.3) is 5.91 Å². The molecule has 0 aliphatic carbocycles. The summed E-state index contributed by atoms with van der Waals surface area (Å²) in [5.74, 6) is -0.503. The molecule has 0 fully saturated rings. The first-order valence-electron chi connectivity index (χ1n) is 11.1. The van der Waals surface area contributed by atoms with Crippen LogP contribution in [-0.2, 0) is 0 Å². The number of rotatable bonds is 11. The van der Waals surface area contributed by atoms with E-state index in [0.29, 0.717) is 21.2 Å². The number of nitrogens with one attached hydrogen (secondary N) is 5. The highest BCUT2D eigenvalue weighted by Gasteiger charge is 2.27. The molecule has 1 atom stereocenters. The Balaban J connectivity index is 1.83. The zero-order chi connectivity index (χ0) is 25.6. The molecule has 35 heavy (non-hydrogen) atoms. The maximum absolute atomic E-state index is 14.1. The van der Waals surface area contributed by atoms with Gasteiger partial charge >= 0.3 is 0 Å². The van der Waals surface area contributed by atoms with Crippen molar-refractivity contribution in [2.75, 3.05) is 22.5 Å². The van der Waals surface area contributed by atoms with Crippen molar-refractivity contribution in [3.8, 4) is 0 Å². The number of benzene rings is 1. The highest BCUT2D eigenvalue weighted by Crippen LogP contribution is 2.34. The largest absolute Gasteiger partial charge is 0.387 e. The van der Waals surface area contributed by atoms with E-state index in [1.54, 1.807) is 12.3 Å². The van der Waals surface area contributed by atoms with Crippen molar-refractivity contribution in [1.82, 2.24) is 15.3 Å². The number of nitrogens with zero attached hydrogens (tertiary/aromatic N) is 2. The fraction of sp³-hybridized carbons (Fsp3) is 0.333. The summed E-state index contributed by atoms with van der Waals surface area (Å²) in [6.45, 7) is 6.27. The van der Waals surface area contributed by atoms with Gasteiger partial charge in [0.2, 0.25) is 0 Å². The van der Waals surface area contributed by atoms with Gasteiger partial charge in [-0.25, -0.2) is 14.4 Å². The van der Waals surface area contributed by atoms with Gasteiger partial charge in [0.15, 0.2) is 5.13 Å². The summed E-state index contributed by atoms with van der Waals surface area (Å²) in [5.41, 5.74) is 1.44. The second-order valence-electron chi connectivity index (χ2n) is 8.72. The number of amides is 1. The molecule has 186 valence electrons. The molecule has 1 aromatic carbocycles. The van der Waals surface area contributed by atoms with E-state index in [4.69, 9.17) is 5.41 Å². The van der Waals surface area contributed by atoms with E-state index < -0.39 is 17.7 Å². The topological polar surface area (TPSA) is 135 Å². The molecule has 9 nitrogen and oxygen atoms in total. The lowest BCUT2D eigenvalue weighted by Gasteiger charge is -2.22. The molecule has 3 aromatic rings. The van der Waals surface area contributed by atoms with Gasteiger partial charge in [-0.1, -0.05) is 11.3 Å². The normalized spacial score (nSPS) is 12.7. The molecule has 0 saturated heterocycles. The number of aliphatic hydroxyl groups is 1. The fourth-order valence-corrected chi connectivity index (χ4v) is 3.87. The summed E-state index contributed by atoms with van der Waals surface area (Å²) < 4.78 is 14.1. The second kappa shape index (κ2) is 11.2. The van der Waals surface area contributed by atoms with Crippen LogP contribution in [0.3, 0.4) is 0 Å². The Morgan fingerprint density at radius 1 is 1.26 bits per heavy atom. The second-order valence-corrected chi connectivity index (χ2v) is 9.70. The highest BCUT2D eigenvalue weighted by molar-refractivity contribution is 7.21. The number of thiazole rings is 1. The molecule has 0 saturated carbocycles. The van der Waals surface area contributed by atoms with Gasteiger partial charge in [0.05, 0.1) is 23.4 Å². The summed E-state index contributed by atoms with van der Waals surface area (Å²) in [4.78, 5) is 22.5. The van der Waals surface area contributed by atoms with Crippen molar-refractivity contribution >= 4 is 56.0 Å². The molecule has 0 aliphatic heterocycles. The Labute approximate surface area is 207 Å². The van der Waals surface area contributed by atoms with Crippen LogP contribution in [0.4, 0.5) is 26.6 Å². The van der Waals surface area contributed by atoms with Crippen LogP contribution in [0.15, 0.2) is 42.7 Å². The lowest BCUT2D eigenvalue weighted by Crippen LogP contribution is -2.42. The number of halogens is 1. The standard InChI is InChI=1S/C24H30FN7O2S/c1-14(2)30-19-17(21(33)28-13-18(25)24(3,4)34)12-29-22-20(19)32-23(35-22)31-16-8-6-15(7-9-16)27-11-5-10-26/h5-12,14,18,26-27,34H,13H2,1-4H3,(H,28,33)(H,29,30)(H,31,32)/b11-5-,26-10?/t18-/m1/s1. The van der Waals surface area contributed by atoms with Crippen molar-refractivity contribution in [3.63, 3.8) is 0 Å². The number of anilines is 4. The molecule has 0 unspecified atom stereocenters. The van der Waals surface area contributed by atoms with E-state index in [9.17, 15) is 14.3 Å². The summed E-state index contributed by atoms with van der Waals surface area (Å²) >= 11 is 1.35. The molecule has 6 N–H and O–H groups in total. The quantitative estimate of drug-likeness (QED) is 0.211. The minimum Gasteiger partial charge on any atom is -0.387 e. The third-order valence-corrected chi connectivity index (χ3v) is 5.77. The number of aromatic nitrogens is 2. The Bertz CT molecular complexity index is 1200. The van der Waals surface area contributed by atoms with Gasteiger partial charge in [0, 0.05) is 36.0 Å². The molecule has 0 radical (unpaired) electrons. The number of hydrogen-bond donors (Lipinski definition) is 6. The SMILES string of the molecule is CC(C)Nc1c(C(=O)NC[C@@H](F)C(C)(C)O)cnc2sc(Nc3ccc(N/C=C\C=N)cc3)nc12. The van der Waals surface area contributed by atoms with Crippen molar-refractivity contribution in [3.05, 3.63) is 48.3 Å². The Kier molecular flexibility index (Phi) is 8.36. The Morgan fingerprint density at radius 2 is 1.94 bits per heavy atom. The van der Waals surface area contributed by atoms with E-state index >= 15 is 0 Å².